The minimum Gasteiger partial charge on any atom is -0.375 e. The van der Waals surface area contributed by atoms with Gasteiger partial charge < -0.3 is 10.2 Å². The van der Waals surface area contributed by atoms with E-state index in [0.717, 1.165) is 25.5 Å². The lowest BCUT2D eigenvalue weighted by atomic mass is 10.2. The van der Waals surface area contributed by atoms with Crippen molar-refractivity contribution in [1.82, 2.24) is 10.7 Å². The molecular formula is C16H27N5. The Kier molecular flexibility index (Phi) is 6.34. The Bertz CT molecular complexity index is 426. The Morgan fingerprint density at radius 1 is 1.29 bits per heavy atom. The molecule has 21 heavy (non-hydrogen) atoms. The number of aliphatic imine (C=N–C) groups is 1. The van der Waals surface area contributed by atoms with Crippen molar-refractivity contribution >= 4 is 11.6 Å². The van der Waals surface area contributed by atoms with Crippen LogP contribution in [0.2, 0.25) is 0 Å². The van der Waals surface area contributed by atoms with Crippen LogP contribution >= 0.6 is 0 Å². The Labute approximate surface area is 127 Å². The predicted octanol–water partition coefficient (Wildman–Crippen LogP) is 1.86. The van der Waals surface area contributed by atoms with Crippen LogP contribution in [0.3, 0.4) is 0 Å². The van der Waals surface area contributed by atoms with Crippen LogP contribution < -0.4 is 21.5 Å². The van der Waals surface area contributed by atoms with E-state index in [1.165, 1.54) is 31.4 Å². The van der Waals surface area contributed by atoms with Gasteiger partial charge in [-0.15, -0.1) is 0 Å². The van der Waals surface area contributed by atoms with Crippen LogP contribution in [0.1, 0.15) is 32.1 Å². The van der Waals surface area contributed by atoms with E-state index in [4.69, 9.17) is 5.84 Å². The fourth-order valence-electron chi connectivity index (χ4n) is 2.71. The van der Waals surface area contributed by atoms with E-state index in [2.05, 4.69) is 51.9 Å². The maximum atomic E-state index is 5.53. The zero-order valence-electron chi connectivity index (χ0n) is 12.9. The molecule has 1 saturated carbocycles. The van der Waals surface area contributed by atoms with Gasteiger partial charge in [-0.05, 0) is 31.4 Å². The highest BCUT2D eigenvalue weighted by molar-refractivity contribution is 5.79. The van der Waals surface area contributed by atoms with E-state index in [1.54, 1.807) is 0 Å². The normalized spacial score (nSPS) is 16.0. The summed E-state index contributed by atoms with van der Waals surface area (Å²) < 4.78 is 0. The number of nitrogens with zero attached hydrogens (tertiary/aromatic N) is 2. The molecule has 4 N–H and O–H groups in total. The maximum absolute atomic E-state index is 5.53. The summed E-state index contributed by atoms with van der Waals surface area (Å²) in [5.74, 6) is 6.26. The minimum absolute atomic E-state index is 0.534. The van der Waals surface area contributed by atoms with Crippen LogP contribution in [-0.2, 0) is 0 Å². The standard InChI is InChI=1S/C16H27N5/c1-21(15-10-3-2-4-11-15)13-7-12-18-16(20-17)19-14-8-5-6-9-14/h2-4,10-11,14H,5-9,12-13,17H2,1H3,(H2,18,19,20). The third kappa shape index (κ3) is 5.27. The molecule has 1 aliphatic rings. The summed E-state index contributed by atoms with van der Waals surface area (Å²) in [6.45, 7) is 1.76. The number of hydrogen-bond acceptors (Lipinski definition) is 3. The number of hydrazine groups is 1. The van der Waals surface area contributed by atoms with E-state index >= 15 is 0 Å². The van der Waals surface area contributed by atoms with Gasteiger partial charge in [0.25, 0.3) is 0 Å². The van der Waals surface area contributed by atoms with Crippen molar-refractivity contribution < 1.29 is 0 Å². The van der Waals surface area contributed by atoms with Crippen LogP contribution in [0.25, 0.3) is 0 Å². The molecule has 0 saturated heterocycles. The average molecular weight is 289 g/mol. The van der Waals surface area contributed by atoms with Crippen molar-refractivity contribution in [3.05, 3.63) is 30.3 Å². The van der Waals surface area contributed by atoms with Crippen LogP contribution in [0.15, 0.2) is 35.3 Å². The van der Waals surface area contributed by atoms with E-state index < -0.39 is 0 Å². The Balaban J connectivity index is 1.70. The van der Waals surface area contributed by atoms with Gasteiger partial charge in [0.1, 0.15) is 0 Å². The molecule has 0 atom stereocenters. The van der Waals surface area contributed by atoms with Crippen molar-refractivity contribution in [2.24, 2.45) is 10.8 Å². The number of anilines is 1. The number of hydrogen-bond donors (Lipinski definition) is 3. The highest BCUT2D eigenvalue weighted by Crippen LogP contribution is 2.17. The predicted molar refractivity (Wildman–Crippen MR) is 89.3 cm³/mol. The first kappa shape index (κ1) is 15.6. The molecule has 1 aliphatic carbocycles. The topological polar surface area (TPSA) is 65.7 Å². The lowest BCUT2D eigenvalue weighted by molar-refractivity contribution is 0.613. The Morgan fingerprint density at radius 2 is 2.00 bits per heavy atom. The summed E-state index contributed by atoms with van der Waals surface area (Å²) in [5.41, 5.74) is 3.91. The largest absolute Gasteiger partial charge is 0.375 e. The molecule has 0 aliphatic heterocycles. The first-order chi connectivity index (χ1) is 10.3. The van der Waals surface area contributed by atoms with Gasteiger partial charge in [0, 0.05) is 31.9 Å². The summed E-state index contributed by atoms with van der Waals surface area (Å²) in [6, 6.07) is 10.9. The quantitative estimate of drug-likeness (QED) is 0.246. The van der Waals surface area contributed by atoms with Gasteiger partial charge in [-0.3, -0.25) is 10.4 Å². The molecule has 0 heterocycles. The fourth-order valence-corrected chi connectivity index (χ4v) is 2.71. The number of nitrogens with two attached hydrogens (primary N) is 1. The van der Waals surface area contributed by atoms with Crippen LogP contribution in [0.5, 0.6) is 0 Å². The minimum atomic E-state index is 0.534. The highest BCUT2D eigenvalue weighted by Gasteiger charge is 2.15. The van der Waals surface area contributed by atoms with E-state index in [1.807, 2.05) is 6.07 Å². The zero-order valence-corrected chi connectivity index (χ0v) is 12.9. The van der Waals surface area contributed by atoms with E-state index in [9.17, 15) is 0 Å². The van der Waals surface area contributed by atoms with Crippen molar-refractivity contribution in [2.75, 3.05) is 25.0 Å². The molecule has 0 bridgehead atoms. The molecule has 116 valence electrons. The number of benzene rings is 1. The number of guanidine groups is 1. The number of para-hydroxylation sites is 1. The van der Waals surface area contributed by atoms with Gasteiger partial charge in [0.15, 0.2) is 0 Å². The second kappa shape index (κ2) is 8.52. The van der Waals surface area contributed by atoms with Crippen LogP contribution in [-0.4, -0.2) is 32.1 Å². The molecule has 1 aromatic rings. The highest BCUT2D eigenvalue weighted by atomic mass is 15.3. The molecule has 0 aromatic heterocycles. The average Bonchev–Trinajstić information content (AvgIpc) is 3.04. The molecule has 0 unspecified atom stereocenters. The monoisotopic (exact) mass is 289 g/mol. The Hall–Kier alpha value is -1.75. The fraction of sp³-hybridized carbons (Fsp3) is 0.562. The van der Waals surface area contributed by atoms with Crippen LogP contribution in [0.4, 0.5) is 5.69 Å². The van der Waals surface area contributed by atoms with E-state index in [-0.39, 0.29) is 0 Å². The molecule has 0 radical (unpaired) electrons. The lowest BCUT2D eigenvalue weighted by Gasteiger charge is -2.19. The van der Waals surface area contributed by atoms with Gasteiger partial charge >= 0.3 is 0 Å². The molecule has 1 fully saturated rings. The van der Waals surface area contributed by atoms with Crippen molar-refractivity contribution in [3.63, 3.8) is 0 Å². The van der Waals surface area contributed by atoms with Crippen molar-refractivity contribution in [2.45, 2.75) is 38.1 Å². The van der Waals surface area contributed by atoms with Gasteiger partial charge in [0.2, 0.25) is 5.96 Å². The molecule has 1 aromatic carbocycles. The third-order valence-corrected chi connectivity index (χ3v) is 3.95. The molecule has 5 heteroatoms. The number of rotatable bonds is 6. The summed E-state index contributed by atoms with van der Waals surface area (Å²) in [7, 11) is 2.11. The first-order valence-corrected chi connectivity index (χ1v) is 7.83. The van der Waals surface area contributed by atoms with Gasteiger partial charge in [0.05, 0.1) is 0 Å². The Morgan fingerprint density at radius 3 is 2.67 bits per heavy atom. The second-order valence-corrected chi connectivity index (χ2v) is 5.61. The van der Waals surface area contributed by atoms with Crippen LogP contribution in [0, 0.1) is 0 Å². The molecular weight excluding hydrogens is 262 g/mol. The zero-order chi connectivity index (χ0) is 14.9. The van der Waals surface area contributed by atoms with Gasteiger partial charge in [-0.2, -0.15) is 0 Å². The smallest absolute Gasteiger partial charge is 0.205 e. The molecule has 5 nitrogen and oxygen atoms in total. The van der Waals surface area contributed by atoms with Gasteiger partial charge in [-0.25, -0.2) is 5.84 Å². The van der Waals surface area contributed by atoms with Gasteiger partial charge in [-0.1, -0.05) is 31.0 Å². The first-order valence-electron chi connectivity index (χ1n) is 7.83. The summed E-state index contributed by atoms with van der Waals surface area (Å²) >= 11 is 0. The summed E-state index contributed by atoms with van der Waals surface area (Å²) in [6.07, 6.45) is 6.05. The third-order valence-electron chi connectivity index (χ3n) is 3.95. The number of nitrogens with one attached hydrogen (secondary N) is 2. The summed E-state index contributed by atoms with van der Waals surface area (Å²) in [4.78, 5) is 6.76. The maximum Gasteiger partial charge on any atom is 0.205 e. The SMILES string of the molecule is CN(CCCN=C(NN)NC1CCCC1)c1ccccc1. The van der Waals surface area contributed by atoms with E-state index in [0.29, 0.717) is 6.04 Å². The molecule has 2 rings (SSSR count). The second-order valence-electron chi connectivity index (χ2n) is 5.61. The van der Waals surface area contributed by atoms with Crippen molar-refractivity contribution in [3.8, 4) is 0 Å². The molecule has 0 amide bonds. The molecule has 0 spiro atoms. The van der Waals surface area contributed by atoms with Crippen molar-refractivity contribution in [1.29, 1.82) is 0 Å². The summed E-state index contributed by atoms with van der Waals surface area (Å²) in [5, 5.41) is 3.39. The lowest BCUT2D eigenvalue weighted by Crippen LogP contribution is -2.45.